The van der Waals surface area contributed by atoms with Crippen molar-refractivity contribution in [2.45, 2.75) is 19.4 Å². The van der Waals surface area contributed by atoms with E-state index in [4.69, 9.17) is 14.2 Å². The molecule has 0 aliphatic rings. The summed E-state index contributed by atoms with van der Waals surface area (Å²) >= 11 is 0. The van der Waals surface area contributed by atoms with Crippen molar-refractivity contribution < 1.29 is 23.8 Å². The number of amides is 1. The number of benzene rings is 3. The van der Waals surface area contributed by atoms with Gasteiger partial charge in [-0.25, -0.2) is 0 Å². The standard InChI is InChI=1S/C25H25NO5/c1-17-9-14-22(30-3)21(15-17)26-25(28)24(19-7-5-4-6-8-19)31-23(27)16-18-10-12-20(29-2)13-11-18/h4-15,24H,16H2,1-3H3,(H,26,28)/t24-/m1/s1. The van der Waals surface area contributed by atoms with Gasteiger partial charge in [-0.15, -0.1) is 0 Å². The number of ether oxygens (including phenoxy) is 3. The monoisotopic (exact) mass is 419 g/mol. The van der Waals surface area contributed by atoms with E-state index in [1.807, 2.05) is 19.1 Å². The van der Waals surface area contributed by atoms with Gasteiger partial charge in [-0.3, -0.25) is 9.59 Å². The first-order valence-electron chi connectivity index (χ1n) is 9.83. The fraction of sp³-hybridized carbons (Fsp3) is 0.200. The highest BCUT2D eigenvalue weighted by molar-refractivity contribution is 5.97. The van der Waals surface area contributed by atoms with Gasteiger partial charge in [-0.1, -0.05) is 48.5 Å². The highest BCUT2D eigenvalue weighted by Gasteiger charge is 2.26. The zero-order valence-electron chi connectivity index (χ0n) is 17.8. The molecule has 0 spiro atoms. The van der Waals surface area contributed by atoms with Crippen molar-refractivity contribution in [1.82, 2.24) is 0 Å². The van der Waals surface area contributed by atoms with Crippen LogP contribution in [0.25, 0.3) is 0 Å². The molecule has 0 aromatic heterocycles. The minimum absolute atomic E-state index is 0.0361. The van der Waals surface area contributed by atoms with Crippen LogP contribution in [0.3, 0.4) is 0 Å². The van der Waals surface area contributed by atoms with Crippen LogP contribution in [0.15, 0.2) is 72.8 Å². The number of anilines is 1. The first-order valence-corrected chi connectivity index (χ1v) is 9.83. The van der Waals surface area contributed by atoms with Crippen LogP contribution in [0.1, 0.15) is 22.8 Å². The fourth-order valence-corrected chi connectivity index (χ4v) is 3.10. The molecule has 0 aliphatic carbocycles. The first kappa shape index (κ1) is 21.9. The Morgan fingerprint density at radius 2 is 1.61 bits per heavy atom. The van der Waals surface area contributed by atoms with Gasteiger partial charge in [-0.2, -0.15) is 0 Å². The number of carbonyl (C=O) groups excluding carboxylic acids is 2. The summed E-state index contributed by atoms with van der Waals surface area (Å²) in [4.78, 5) is 25.7. The lowest BCUT2D eigenvalue weighted by molar-refractivity contribution is -0.154. The summed E-state index contributed by atoms with van der Waals surface area (Å²) in [5.41, 5.74) is 2.82. The predicted molar refractivity (Wildman–Crippen MR) is 118 cm³/mol. The lowest BCUT2D eigenvalue weighted by atomic mass is 10.1. The lowest BCUT2D eigenvalue weighted by Gasteiger charge is -2.19. The molecule has 0 aliphatic heterocycles. The number of aryl methyl sites for hydroxylation is 1. The predicted octanol–water partition coefficient (Wildman–Crippen LogP) is 4.48. The topological polar surface area (TPSA) is 73.9 Å². The fourth-order valence-electron chi connectivity index (χ4n) is 3.10. The average Bonchev–Trinajstić information content (AvgIpc) is 2.78. The molecule has 0 unspecified atom stereocenters. The van der Waals surface area contributed by atoms with E-state index in [1.54, 1.807) is 67.8 Å². The second-order valence-corrected chi connectivity index (χ2v) is 7.00. The number of hydrogen-bond donors (Lipinski definition) is 1. The van der Waals surface area contributed by atoms with Gasteiger partial charge in [0.2, 0.25) is 6.10 Å². The van der Waals surface area contributed by atoms with Gasteiger partial charge < -0.3 is 19.5 Å². The lowest BCUT2D eigenvalue weighted by Crippen LogP contribution is -2.26. The Labute approximate surface area is 181 Å². The zero-order valence-corrected chi connectivity index (χ0v) is 17.8. The second kappa shape index (κ2) is 10.3. The largest absolute Gasteiger partial charge is 0.497 e. The highest BCUT2D eigenvalue weighted by Crippen LogP contribution is 2.28. The van der Waals surface area contributed by atoms with E-state index >= 15 is 0 Å². The van der Waals surface area contributed by atoms with Crippen molar-refractivity contribution in [1.29, 1.82) is 0 Å². The molecule has 0 heterocycles. The molecule has 1 N–H and O–H groups in total. The van der Waals surface area contributed by atoms with Crippen molar-refractivity contribution in [3.8, 4) is 11.5 Å². The molecule has 6 heteroatoms. The van der Waals surface area contributed by atoms with E-state index < -0.39 is 18.0 Å². The molecule has 160 valence electrons. The molecule has 3 aromatic carbocycles. The van der Waals surface area contributed by atoms with Gasteiger partial charge in [0.1, 0.15) is 11.5 Å². The molecule has 0 saturated carbocycles. The van der Waals surface area contributed by atoms with E-state index in [2.05, 4.69) is 5.32 Å². The van der Waals surface area contributed by atoms with Crippen LogP contribution < -0.4 is 14.8 Å². The third-order valence-corrected chi connectivity index (χ3v) is 4.71. The molecule has 31 heavy (non-hydrogen) atoms. The third kappa shape index (κ3) is 5.85. The van der Waals surface area contributed by atoms with Crippen molar-refractivity contribution in [3.63, 3.8) is 0 Å². The molecular formula is C25H25NO5. The Kier molecular flexibility index (Phi) is 7.27. The Bertz CT molecular complexity index is 1030. The number of methoxy groups -OCH3 is 2. The SMILES string of the molecule is COc1ccc(CC(=O)O[C@@H](C(=O)Nc2cc(C)ccc2OC)c2ccccc2)cc1. The van der Waals surface area contributed by atoms with Crippen LogP contribution in [0.2, 0.25) is 0 Å². The molecule has 1 atom stereocenters. The van der Waals surface area contributed by atoms with Gasteiger partial charge in [0, 0.05) is 5.56 Å². The molecule has 6 nitrogen and oxygen atoms in total. The van der Waals surface area contributed by atoms with Crippen molar-refractivity contribution in [3.05, 3.63) is 89.5 Å². The van der Waals surface area contributed by atoms with Crippen LogP contribution in [-0.4, -0.2) is 26.1 Å². The van der Waals surface area contributed by atoms with Crippen LogP contribution in [0.4, 0.5) is 5.69 Å². The minimum atomic E-state index is -1.10. The summed E-state index contributed by atoms with van der Waals surface area (Å²) < 4.78 is 16.1. The molecule has 0 fully saturated rings. The zero-order chi connectivity index (χ0) is 22.2. The maximum atomic E-state index is 13.1. The van der Waals surface area contributed by atoms with Gasteiger partial charge in [0.25, 0.3) is 5.91 Å². The Morgan fingerprint density at radius 1 is 0.903 bits per heavy atom. The van der Waals surface area contributed by atoms with Crippen molar-refractivity contribution in [2.24, 2.45) is 0 Å². The van der Waals surface area contributed by atoms with Gasteiger partial charge in [-0.05, 0) is 42.3 Å². The Morgan fingerprint density at radius 3 is 2.26 bits per heavy atom. The molecule has 3 aromatic rings. The molecule has 0 saturated heterocycles. The van der Waals surface area contributed by atoms with E-state index in [1.165, 1.54) is 7.11 Å². The minimum Gasteiger partial charge on any atom is -0.497 e. The smallest absolute Gasteiger partial charge is 0.311 e. The second-order valence-electron chi connectivity index (χ2n) is 7.00. The maximum absolute atomic E-state index is 13.1. The summed E-state index contributed by atoms with van der Waals surface area (Å²) in [6, 6.07) is 21.5. The van der Waals surface area contributed by atoms with Gasteiger partial charge >= 0.3 is 5.97 Å². The summed E-state index contributed by atoms with van der Waals surface area (Å²) in [7, 11) is 3.11. The molecule has 1 amide bonds. The van der Waals surface area contributed by atoms with E-state index in [-0.39, 0.29) is 6.42 Å². The maximum Gasteiger partial charge on any atom is 0.311 e. The number of esters is 1. The van der Waals surface area contributed by atoms with Gasteiger partial charge in [0.15, 0.2) is 0 Å². The quantitative estimate of drug-likeness (QED) is 0.545. The van der Waals surface area contributed by atoms with Crippen molar-refractivity contribution >= 4 is 17.6 Å². The van der Waals surface area contributed by atoms with Gasteiger partial charge in [0.05, 0.1) is 26.3 Å². The number of hydrogen-bond acceptors (Lipinski definition) is 5. The number of nitrogens with one attached hydrogen (secondary N) is 1. The summed E-state index contributed by atoms with van der Waals surface area (Å²) in [5, 5.41) is 2.83. The third-order valence-electron chi connectivity index (χ3n) is 4.71. The number of rotatable bonds is 8. The van der Waals surface area contributed by atoms with Crippen LogP contribution in [-0.2, 0) is 20.7 Å². The van der Waals surface area contributed by atoms with Crippen LogP contribution >= 0.6 is 0 Å². The molecule has 3 rings (SSSR count). The Balaban J connectivity index is 1.79. The summed E-state index contributed by atoms with van der Waals surface area (Å²) in [6.45, 7) is 1.92. The van der Waals surface area contributed by atoms with Crippen molar-refractivity contribution in [2.75, 3.05) is 19.5 Å². The normalized spacial score (nSPS) is 11.3. The van der Waals surface area contributed by atoms with Crippen LogP contribution in [0.5, 0.6) is 11.5 Å². The van der Waals surface area contributed by atoms with E-state index in [0.29, 0.717) is 22.7 Å². The highest BCUT2D eigenvalue weighted by atomic mass is 16.5. The van der Waals surface area contributed by atoms with Crippen LogP contribution in [0, 0.1) is 6.92 Å². The summed E-state index contributed by atoms with van der Waals surface area (Å²) in [6.07, 6.45) is -1.06. The molecule has 0 radical (unpaired) electrons. The van der Waals surface area contributed by atoms with E-state index in [9.17, 15) is 9.59 Å². The van der Waals surface area contributed by atoms with E-state index in [0.717, 1.165) is 11.1 Å². The molecular weight excluding hydrogens is 394 g/mol. The number of carbonyl (C=O) groups is 2. The average molecular weight is 419 g/mol. The first-order chi connectivity index (χ1) is 15.0. The summed E-state index contributed by atoms with van der Waals surface area (Å²) in [5.74, 6) is 0.254. The molecule has 0 bridgehead atoms. The Hall–Kier alpha value is -3.80.